The van der Waals surface area contributed by atoms with Crippen LogP contribution >= 0.6 is 23.2 Å². The van der Waals surface area contributed by atoms with Crippen LogP contribution in [0.3, 0.4) is 0 Å². The predicted octanol–water partition coefficient (Wildman–Crippen LogP) is 4.49. The third-order valence-corrected chi connectivity index (χ3v) is 7.01. The first-order valence-corrected chi connectivity index (χ1v) is 13.9. The van der Waals surface area contributed by atoms with Crippen LogP contribution in [0.4, 0.5) is 5.69 Å². The summed E-state index contributed by atoms with van der Waals surface area (Å²) in [5.41, 5.74) is 0.342. The summed E-state index contributed by atoms with van der Waals surface area (Å²) in [6.07, 6.45) is 1.33. The number of carbonyl (C=O) groups excluding carboxylic acids is 2. The summed E-state index contributed by atoms with van der Waals surface area (Å²) >= 11 is 12.4. The van der Waals surface area contributed by atoms with Gasteiger partial charge in [0.25, 0.3) is 0 Å². The lowest BCUT2D eigenvalue weighted by molar-refractivity contribution is -0.141. The van der Waals surface area contributed by atoms with Crippen molar-refractivity contribution in [3.05, 3.63) is 58.1 Å². The smallest absolute Gasteiger partial charge is 0.244 e. The summed E-state index contributed by atoms with van der Waals surface area (Å²) in [6.45, 7) is 6.80. The van der Waals surface area contributed by atoms with E-state index in [9.17, 15) is 18.0 Å². The van der Waals surface area contributed by atoms with Crippen LogP contribution in [0.1, 0.15) is 39.7 Å². The number of methoxy groups -OCH3 is 1. The average molecular weight is 559 g/mol. The van der Waals surface area contributed by atoms with Gasteiger partial charge in [-0.25, -0.2) is 8.42 Å². The van der Waals surface area contributed by atoms with Gasteiger partial charge >= 0.3 is 0 Å². The van der Waals surface area contributed by atoms with Gasteiger partial charge in [-0.05, 0) is 69.2 Å². The second kappa shape index (κ2) is 12.2. The van der Waals surface area contributed by atoms with Crippen molar-refractivity contribution in [2.24, 2.45) is 0 Å². The molecule has 1 atom stereocenters. The van der Waals surface area contributed by atoms with Gasteiger partial charge in [-0.1, -0.05) is 36.2 Å². The number of amides is 2. The summed E-state index contributed by atoms with van der Waals surface area (Å²) in [5.74, 6) is -0.362. The molecule has 0 fully saturated rings. The molecule has 0 spiro atoms. The Morgan fingerprint density at radius 1 is 1.08 bits per heavy atom. The number of nitrogens with one attached hydrogen (secondary N) is 1. The molecule has 198 valence electrons. The maximum absolute atomic E-state index is 13.7. The zero-order valence-electron chi connectivity index (χ0n) is 21.3. The minimum Gasteiger partial charge on any atom is -0.497 e. The molecule has 2 aromatic carbocycles. The number of sulfonamides is 1. The normalized spacial score (nSPS) is 12.6. The van der Waals surface area contributed by atoms with Crippen molar-refractivity contribution >= 4 is 50.7 Å². The molecule has 8 nitrogen and oxygen atoms in total. The minimum atomic E-state index is -3.83. The van der Waals surface area contributed by atoms with Gasteiger partial charge in [-0.2, -0.15) is 0 Å². The molecule has 0 heterocycles. The summed E-state index contributed by atoms with van der Waals surface area (Å²) in [6, 6.07) is 10.3. The number of anilines is 1. The molecule has 0 bridgehead atoms. The van der Waals surface area contributed by atoms with Crippen LogP contribution in [0.25, 0.3) is 0 Å². The Balaban J connectivity index is 2.48. The molecule has 0 aromatic heterocycles. The topological polar surface area (TPSA) is 96.0 Å². The van der Waals surface area contributed by atoms with Gasteiger partial charge in [0, 0.05) is 22.1 Å². The highest BCUT2D eigenvalue weighted by Gasteiger charge is 2.33. The second-order valence-corrected chi connectivity index (χ2v) is 12.1. The Morgan fingerprint density at radius 2 is 1.69 bits per heavy atom. The molecule has 0 saturated carbocycles. The van der Waals surface area contributed by atoms with E-state index in [1.54, 1.807) is 49.4 Å². The molecule has 0 aliphatic heterocycles. The van der Waals surface area contributed by atoms with Gasteiger partial charge in [-0.3, -0.25) is 13.9 Å². The van der Waals surface area contributed by atoms with Gasteiger partial charge < -0.3 is 15.0 Å². The molecule has 0 aliphatic carbocycles. The highest BCUT2D eigenvalue weighted by molar-refractivity contribution is 7.92. The molecule has 0 saturated heterocycles. The fraction of sp³-hybridized carbons (Fsp3) is 0.440. The van der Waals surface area contributed by atoms with E-state index >= 15 is 0 Å². The molecule has 1 N–H and O–H groups in total. The number of carbonyl (C=O) groups is 2. The van der Waals surface area contributed by atoms with E-state index in [0.717, 1.165) is 10.6 Å². The average Bonchev–Trinajstić information content (AvgIpc) is 2.76. The Bertz CT molecular complexity index is 1180. The molecule has 0 aliphatic rings. The fourth-order valence-electron chi connectivity index (χ4n) is 3.57. The summed E-state index contributed by atoms with van der Waals surface area (Å²) in [5, 5.41) is 3.68. The predicted molar refractivity (Wildman–Crippen MR) is 144 cm³/mol. The van der Waals surface area contributed by atoms with E-state index in [1.165, 1.54) is 12.0 Å². The van der Waals surface area contributed by atoms with Crippen LogP contribution in [0, 0.1) is 0 Å². The number of nitrogens with zero attached hydrogens (tertiary/aromatic N) is 2. The molecular weight excluding hydrogens is 525 g/mol. The highest BCUT2D eigenvalue weighted by atomic mass is 35.5. The molecular formula is C25H33Cl2N3O5S. The first-order chi connectivity index (χ1) is 16.7. The Hall–Kier alpha value is -2.49. The van der Waals surface area contributed by atoms with E-state index in [1.807, 2.05) is 20.8 Å². The van der Waals surface area contributed by atoms with Crippen LogP contribution in [0.2, 0.25) is 10.0 Å². The van der Waals surface area contributed by atoms with Crippen LogP contribution in [0.5, 0.6) is 5.75 Å². The number of hydrogen-bond acceptors (Lipinski definition) is 5. The van der Waals surface area contributed by atoms with Crippen molar-refractivity contribution in [2.75, 3.05) is 24.2 Å². The number of rotatable bonds is 10. The number of ether oxygens (including phenoxy) is 1. The Kier molecular flexibility index (Phi) is 10.0. The van der Waals surface area contributed by atoms with Gasteiger partial charge in [0.2, 0.25) is 21.8 Å². The Morgan fingerprint density at radius 3 is 2.17 bits per heavy atom. The molecule has 36 heavy (non-hydrogen) atoms. The van der Waals surface area contributed by atoms with Crippen LogP contribution in [0.15, 0.2) is 42.5 Å². The second-order valence-electron chi connectivity index (χ2n) is 9.39. The highest BCUT2D eigenvalue weighted by Crippen LogP contribution is 2.26. The molecule has 0 unspecified atom stereocenters. The SMILES string of the molecule is CC[C@@H](C(=O)NC(C)(C)C)N(Cc1ccc(Cl)cc1Cl)C(=O)CN(c1ccc(OC)cc1)S(C)(=O)=O. The lowest BCUT2D eigenvalue weighted by atomic mass is 10.1. The number of benzene rings is 2. The zero-order chi connectivity index (χ0) is 27.3. The van der Waals surface area contributed by atoms with Crippen LogP contribution in [-0.2, 0) is 26.2 Å². The van der Waals surface area contributed by atoms with Crippen molar-refractivity contribution in [1.29, 1.82) is 0 Å². The fourth-order valence-corrected chi connectivity index (χ4v) is 4.89. The summed E-state index contributed by atoms with van der Waals surface area (Å²) in [4.78, 5) is 28.2. The summed E-state index contributed by atoms with van der Waals surface area (Å²) in [7, 11) is -2.33. The quantitative estimate of drug-likeness (QED) is 0.464. The first-order valence-electron chi connectivity index (χ1n) is 11.3. The van der Waals surface area contributed by atoms with E-state index in [-0.39, 0.29) is 12.5 Å². The zero-order valence-corrected chi connectivity index (χ0v) is 23.7. The summed E-state index contributed by atoms with van der Waals surface area (Å²) < 4.78 is 31.5. The van der Waals surface area contributed by atoms with Gasteiger partial charge in [0.1, 0.15) is 18.3 Å². The molecule has 2 aromatic rings. The lowest BCUT2D eigenvalue weighted by Gasteiger charge is -2.34. The van der Waals surface area contributed by atoms with Gasteiger partial charge in [-0.15, -0.1) is 0 Å². The molecule has 2 rings (SSSR count). The minimum absolute atomic E-state index is 0.00881. The van der Waals surface area contributed by atoms with Crippen molar-refractivity contribution in [1.82, 2.24) is 10.2 Å². The van der Waals surface area contributed by atoms with Crippen molar-refractivity contribution < 1.29 is 22.7 Å². The van der Waals surface area contributed by atoms with Crippen molar-refractivity contribution in [2.45, 2.75) is 52.2 Å². The van der Waals surface area contributed by atoms with Crippen molar-refractivity contribution in [3.8, 4) is 5.75 Å². The van der Waals surface area contributed by atoms with E-state index in [0.29, 0.717) is 33.5 Å². The maximum Gasteiger partial charge on any atom is 0.244 e. The van der Waals surface area contributed by atoms with Gasteiger partial charge in [0.15, 0.2) is 0 Å². The van der Waals surface area contributed by atoms with Crippen LogP contribution < -0.4 is 14.4 Å². The third kappa shape index (κ3) is 8.28. The molecule has 2 amide bonds. The van der Waals surface area contributed by atoms with E-state index in [2.05, 4.69) is 5.32 Å². The lowest BCUT2D eigenvalue weighted by Crippen LogP contribution is -2.55. The third-order valence-electron chi connectivity index (χ3n) is 5.28. The van der Waals surface area contributed by atoms with Crippen molar-refractivity contribution in [3.63, 3.8) is 0 Å². The van der Waals surface area contributed by atoms with Gasteiger partial charge in [0.05, 0.1) is 19.1 Å². The van der Waals surface area contributed by atoms with E-state index in [4.69, 9.17) is 27.9 Å². The Labute approximate surface area is 223 Å². The molecule has 0 radical (unpaired) electrons. The largest absolute Gasteiger partial charge is 0.497 e. The molecule has 11 heteroatoms. The standard InChI is InChI=1S/C25H33Cl2N3O5S/c1-7-22(24(32)28-25(2,3)4)29(15-17-8-9-18(26)14-21(17)27)23(31)16-30(36(6,33)34)19-10-12-20(35-5)13-11-19/h8-14,22H,7,15-16H2,1-6H3,(H,28,32)/t22-/m0/s1. The monoisotopic (exact) mass is 557 g/mol. The maximum atomic E-state index is 13.7. The first kappa shape index (κ1) is 29.7. The van der Waals surface area contributed by atoms with E-state index < -0.39 is 34.1 Å². The number of hydrogen-bond donors (Lipinski definition) is 1. The number of halogens is 2. The van der Waals surface area contributed by atoms with Crippen LogP contribution in [-0.4, -0.2) is 56.6 Å².